The Kier molecular flexibility index (Phi) is 3.16. The van der Waals surface area contributed by atoms with Gasteiger partial charge in [0.2, 0.25) is 0 Å². The standard InChI is InChI=1S/C12H9N3O4/c1-2-6-13-8-11(16)14(12(13)17)9-4-3-5-10(7-9)15(18)19/h1,3-5,7H,6,8H2. The first kappa shape index (κ1) is 12.6. The molecule has 1 heterocycles. The molecule has 0 unspecified atom stereocenters. The van der Waals surface area contributed by atoms with Crippen LogP contribution in [0.15, 0.2) is 24.3 Å². The largest absolute Gasteiger partial charge is 0.332 e. The van der Waals surface area contributed by atoms with Crippen LogP contribution in [0.1, 0.15) is 0 Å². The predicted molar refractivity (Wildman–Crippen MR) is 66.4 cm³/mol. The highest BCUT2D eigenvalue weighted by Gasteiger charge is 2.37. The molecule has 7 nitrogen and oxygen atoms in total. The van der Waals surface area contributed by atoms with Crippen molar-refractivity contribution < 1.29 is 14.5 Å². The molecule has 96 valence electrons. The molecule has 19 heavy (non-hydrogen) atoms. The number of urea groups is 1. The fourth-order valence-electron chi connectivity index (χ4n) is 1.78. The average molecular weight is 259 g/mol. The van der Waals surface area contributed by atoms with Gasteiger partial charge < -0.3 is 4.90 Å². The molecule has 1 aliphatic heterocycles. The second kappa shape index (κ2) is 4.78. The van der Waals surface area contributed by atoms with E-state index in [1.165, 1.54) is 29.2 Å². The van der Waals surface area contributed by atoms with E-state index in [0.717, 1.165) is 4.90 Å². The number of carbonyl (C=O) groups excluding carboxylic acids is 2. The summed E-state index contributed by atoms with van der Waals surface area (Å²) >= 11 is 0. The zero-order chi connectivity index (χ0) is 14.0. The molecule has 0 radical (unpaired) electrons. The lowest BCUT2D eigenvalue weighted by Gasteiger charge is -2.14. The third-order valence-corrected chi connectivity index (χ3v) is 2.62. The smallest absolute Gasteiger partial charge is 0.303 e. The summed E-state index contributed by atoms with van der Waals surface area (Å²) in [6.07, 6.45) is 5.10. The summed E-state index contributed by atoms with van der Waals surface area (Å²) < 4.78 is 0. The van der Waals surface area contributed by atoms with Crippen LogP contribution >= 0.6 is 0 Å². The molecule has 1 aromatic rings. The normalized spacial score (nSPS) is 14.7. The number of anilines is 1. The van der Waals surface area contributed by atoms with Crippen molar-refractivity contribution in [1.82, 2.24) is 4.90 Å². The molecule has 1 aromatic carbocycles. The molecule has 1 aliphatic rings. The van der Waals surface area contributed by atoms with Crippen molar-refractivity contribution in [2.75, 3.05) is 18.0 Å². The van der Waals surface area contributed by atoms with Crippen LogP contribution in [0.3, 0.4) is 0 Å². The highest BCUT2D eigenvalue weighted by Crippen LogP contribution is 2.25. The molecule has 0 bridgehead atoms. The fourth-order valence-corrected chi connectivity index (χ4v) is 1.78. The van der Waals surface area contributed by atoms with Crippen LogP contribution in [0.4, 0.5) is 16.2 Å². The molecule has 1 saturated heterocycles. The van der Waals surface area contributed by atoms with Gasteiger partial charge in [-0.2, -0.15) is 0 Å². The van der Waals surface area contributed by atoms with Crippen LogP contribution in [0.2, 0.25) is 0 Å². The van der Waals surface area contributed by atoms with E-state index in [0.29, 0.717) is 0 Å². The second-order valence-corrected chi connectivity index (χ2v) is 3.85. The lowest BCUT2D eigenvalue weighted by Crippen LogP contribution is -2.33. The highest BCUT2D eigenvalue weighted by molar-refractivity contribution is 6.19. The van der Waals surface area contributed by atoms with Gasteiger partial charge in [0.15, 0.2) is 0 Å². The fraction of sp³-hybridized carbons (Fsp3) is 0.167. The van der Waals surface area contributed by atoms with E-state index >= 15 is 0 Å². The minimum absolute atomic E-state index is 0.0238. The van der Waals surface area contributed by atoms with E-state index in [2.05, 4.69) is 5.92 Å². The van der Waals surface area contributed by atoms with Gasteiger partial charge in [0.05, 0.1) is 17.2 Å². The Morgan fingerprint density at radius 2 is 2.16 bits per heavy atom. The molecule has 2 rings (SSSR count). The number of hydrogen-bond donors (Lipinski definition) is 0. The minimum Gasteiger partial charge on any atom is -0.303 e. The zero-order valence-corrected chi connectivity index (χ0v) is 9.78. The van der Waals surface area contributed by atoms with Crippen molar-refractivity contribution >= 4 is 23.3 Å². The number of nitro groups is 1. The number of hydrogen-bond acceptors (Lipinski definition) is 4. The summed E-state index contributed by atoms with van der Waals surface area (Å²) in [6, 6.07) is 4.77. The van der Waals surface area contributed by atoms with Gasteiger partial charge in [-0.05, 0) is 6.07 Å². The number of terminal acetylenes is 1. The Bertz CT molecular complexity index is 605. The highest BCUT2D eigenvalue weighted by atomic mass is 16.6. The van der Waals surface area contributed by atoms with E-state index in [-0.39, 0.29) is 24.5 Å². The molecule has 0 N–H and O–H groups in total. The van der Waals surface area contributed by atoms with Gasteiger partial charge in [-0.15, -0.1) is 6.42 Å². The van der Waals surface area contributed by atoms with E-state index < -0.39 is 16.9 Å². The lowest BCUT2D eigenvalue weighted by molar-refractivity contribution is -0.384. The quantitative estimate of drug-likeness (QED) is 0.351. The van der Waals surface area contributed by atoms with Crippen LogP contribution in [0.5, 0.6) is 0 Å². The molecule has 3 amide bonds. The van der Waals surface area contributed by atoms with Crippen molar-refractivity contribution in [2.45, 2.75) is 0 Å². The van der Waals surface area contributed by atoms with E-state index in [4.69, 9.17) is 6.42 Å². The molecule has 0 spiro atoms. The number of benzene rings is 1. The summed E-state index contributed by atoms with van der Waals surface area (Å²) in [7, 11) is 0. The van der Waals surface area contributed by atoms with Gasteiger partial charge in [0.25, 0.3) is 11.6 Å². The zero-order valence-electron chi connectivity index (χ0n) is 9.78. The molecule has 0 atom stereocenters. The summed E-state index contributed by atoms with van der Waals surface area (Å²) in [4.78, 5) is 35.9. The third-order valence-electron chi connectivity index (χ3n) is 2.62. The Labute approximate surface area is 108 Å². The first-order chi connectivity index (χ1) is 9.04. The molecule has 0 saturated carbocycles. The van der Waals surface area contributed by atoms with Crippen LogP contribution in [-0.2, 0) is 4.79 Å². The summed E-state index contributed by atoms with van der Waals surface area (Å²) in [5.74, 6) is 1.82. The number of rotatable bonds is 3. The van der Waals surface area contributed by atoms with Crippen molar-refractivity contribution in [3.05, 3.63) is 34.4 Å². The van der Waals surface area contributed by atoms with Crippen LogP contribution in [0.25, 0.3) is 0 Å². The predicted octanol–water partition coefficient (Wildman–Crippen LogP) is 0.997. The maximum absolute atomic E-state index is 12.0. The average Bonchev–Trinajstić information content (AvgIpc) is 2.65. The van der Waals surface area contributed by atoms with Gasteiger partial charge in [0, 0.05) is 12.1 Å². The Balaban J connectivity index is 2.34. The Morgan fingerprint density at radius 1 is 1.42 bits per heavy atom. The topological polar surface area (TPSA) is 83.8 Å². The van der Waals surface area contributed by atoms with Crippen molar-refractivity contribution in [2.24, 2.45) is 0 Å². The summed E-state index contributed by atoms with van der Waals surface area (Å²) in [5, 5.41) is 10.7. The molecular formula is C12H9N3O4. The monoisotopic (exact) mass is 259 g/mol. The van der Waals surface area contributed by atoms with Gasteiger partial charge in [0.1, 0.15) is 6.54 Å². The van der Waals surface area contributed by atoms with Gasteiger partial charge >= 0.3 is 6.03 Å². The number of imide groups is 1. The maximum atomic E-state index is 12.0. The van der Waals surface area contributed by atoms with E-state index in [1.54, 1.807) is 0 Å². The molecular weight excluding hydrogens is 250 g/mol. The van der Waals surface area contributed by atoms with Crippen molar-refractivity contribution in [3.8, 4) is 12.3 Å². The van der Waals surface area contributed by atoms with Crippen molar-refractivity contribution in [3.63, 3.8) is 0 Å². The first-order valence-corrected chi connectivity index (χ1v) is 5.34. The summed E-state index contributed by atoms with van der Waals surface area (Å²) in [6.45, 7) is -0.0955. The third kappa shape index (κ3) is 2.24. The van der Waals surface area contributed by atoms with Crippen LogP contribution in [-0.4, -0.2) is 34.9 Å². The molecule has 1 fully saturated rings. The number of amides is 3. The summed E-state index contributed by atoms with van der Waals surface area (Å²) in [5.41, 5.74) is -0.0165. The SMILES string of the molecule is C#CCN1CC(=O)N(c2cccc([N+](=O)[O-])c2)C1=O. The number of nitrogens with zero attached hydrogens (tertiary/aromatic N) is 3. The molecule has 7 heteroatoms. The number of non-ortho nitro benzene ring substituents is 1. The Hall–Kier alpha value is -2.88. The van der Waals surface area contributed by atoms with E-state index in [9.17, 15) is 19.7 Å². The van der Waals surface area contributed by atoms with Gasteiger partial charge in [-0.3, -0.25) is 14.9 Å². The first-order valence-electron chi connectivity index (χ1n) is 5.34. The van der Waals surface area contributed by atoms with Crippen molar-refractivity contribution in [1.29, 1.82) is 0 Å². The minimum atomic E-state index is -0.590. The van der Waals surface area contributed by atoms with Gasteiger partial charge in [-0.25, -0.2) is 9.69 Å². The maximum Gasteiger partial charge on any atom is 0.332 e. The van der Waals surface area contributed by atoms with Crippen LogP contribution in [0, 0.1) is 22.5 Å². The van der Waals surface area contributed by atoms with Gasteiger partial charge in [-0.1, -0.05) is 12.0 Å². The molecule has 0 aromatic heterocycles. The molecule has 0 aliphatic carbocycles. The Morgan fingerprint density at radius 3 is 2.79 bits per heavy atom. The van der Waals surface area contributed by atoms with Crippen LogP contribution < -0.4 is 4.90 Å². The number of carbonyl (C=O) groups is 2. The van der Waals surface area contributed by atoms with E-state index in [1.807, 2.05) is 0 Å². The second-order valence-electron chi connectivity index (χ2n) is 3.85. The number of nitro benzene ring substituents is 1. The lowest BCUT2D eigenvalue weighted by atomic mass is 10.2.